The molecule has 7 heteroatoms. The molecule has 0 aliphatic carbocycles. The van der Waals surface area contributed by atoms with Crippen LogP contribution in [0.2, 0.25) is 0 Å². The maximum Gasteiger partial charge on any atom is 5.00 e. The van der Waals surface area contributed by atoms with Crippen molar-refractivity contribution in [3.8, 4) is 0 Å². The third-order valence-electron chi connectivity index (χ3n) is 0. The van der Waals surface area contributed by atoms with Gasteiger partial charge >= 0.3 is 35.9 Å². The third kappa shape index (κ3) is 50.9. The van der Waals surface area contributed by atoms with Crippen LogP contribution in [-0.4, -0.2) is 35.9 Å². The van der Waals surface area contributed by atoms with E-state index in [0.29, 0.717) is 0 Å². The molecule has 7 heavy (non-hydrogen) atoms. The molecular weight excluding hydrogens is 310 g/mol. The fraction of sp³-hybridized carbons (Fsp3) is 0. The van der Waals surface area contributed by atoms with Gasteiger partial charge in [0.05, 0.1) is 0 Å². The van der Waals surface area contributed by atoms with Crippen LogP contribution in [0.15, 0.2) is 0 Å². The topological polar surface area (TPSA) is 0 Å². The predicted octanol–water partition coefficient (Wildman–Crippen LogP) is -0.774. The molecule has 0 N–H and O–H groups in total. The van der Waals surface area contributed by atoms with Crippen molar-refractivity contribution in [1.82, 2.24) is 0 Å². The zero-order valence-electron chi connectivity index (χ0n) is 2.94. The molecular formula is As2S5. The molecule has 0 aromatic carbocycles. The summed E-state index contributed by atoms with van der Waals surface area (Å²) in [6.07, 6.45) is 0. The molecule has 0 bridgehead atoms. The summed E-state index contributed by atoms with van der Waals surface area (Å²) >= 11 is 0. The van der Waals surface area contributed by atoms with Gasteiger partial charge in [0.25, 0.3) is 0 Å². The van der Waals surface area contributed by atoms with Gasteiger partial charge in [0.2, 0.25) is 0 Å². The summed E-state index contributed by atoms with van der Waals surface area (Å²) < 4.78 is 0. The molecule has 40 valence electrons. The molecule has 0 radical (unpaired) electrons. The first kappa shape index (κ1) is 94.4. The first-order chi connectivity index (χ1) is 0. The summed E-state index contributed by atoms with van der Waals surface area (Å²) in [5, 5.41) is 0. The van der Waals surface area contributed by atoms with Gasteiger partial charge in [0.1, 0.15) is 0 Å². The third-order valence-corrected chi connectivity index (χ3v) is 0. The maximum absolute atomic E-state index is 0. The van der Waals surface area contributed by atoms with Crippen LogP contribution in [0.3, 0.4) is 0 Å². The molecule has 0 unspecified atom stereocenters. The van der Waals surface area contributed by atoms with Crippen LogP contribution in [0.1, 0.15) is 0 Å². The molecule has 0 nitrogen and oxygen atoms in total. The monoisotopic (exact) mass is 310 g/mol. The minimum Gasteiger partial charge on any atom is -2.00 e. The molecule has 0 aliphatic rings. The molecule has 0 aliphatic heterocycles. The van der Waals surface area contributed by atoms with Crippen LogP contribution in [0, 0.1) is 0 Å². The minimum absolute atomic E-state index is 0. The van der Waals surface area contributed by atoms with Crippen molar-refractivity contribution in [3.63, 3.8) is 0 Å². The Kier molecular flexibility index (Phi) is 900. The SMILES string of the molecule is [As+5].[As+5].[S-2].[S-2].[S-2].[S-2].[S-2]. The van der Waals surface area contributed by atoms with E-state index in [1.54, 1.807) is 0 Å². The van der Waals surface area contributed by atoms with E-state index < -0.39 is 0 Å². The van der Waals surface area contributed by atoms with E-state index in [9.17, 15) is 0 Å². The predicted molar refractivity (Wildman–Crippen MR) is 48.3 cm³/mol. The van der Waals surface area contributed by atoms with Gasteiger partial charge in [-0.2, -0.15) is 0 Å². The molecule has 0 aromatic heterocycles. The van der Waals surface area contributed by atoms with Gasteiger partial charge in [-0.15, -0.1) is 0 Å². The maximum atomic E-state index is 0. The standard InChI is InChI=1S/2As.5S/q2*+5;5*-2. The Hall–Kier alpha value is 2.87. The van der Waals surface area contributed by atoms with Crippen LogP contribution in [-0.2, 0) is 67.5 Å². The molecule has 0 saturated carbocycles. The van der Waals surface area contributed by atoms with E-state index in [-0.39, 0.29) is 103 Å². The van der Waals surface area contributed by atoms with Crippen molar-refractivity contribution in [2.75, 3.05) is 0 Å². The van der Waals surface area contributed by atoms with Gasteiger partial charge in [-0.05, 0) is 0 Å². The van der Waals surface area contributed by atoms with E-state index in [2.05, 4.69) is 0 Å². The summed E-state index contributed by atoms with van der Waals surface area (Å²) in [5.74, 6) is 0. The molecule has 0 aromatic rings. The summed E-state index contributed by atoms with van der Waals surface area (Å²) in [6, 6.07) is 0. The second kappa shape index (κ2) is 66.8. The summed E-state index contributed by atoms with van der Waals surface area (Å²) in [4.78, 5) is 0. The first-order valence-electron chi connectivity index (χ1n) is 0. The summed E-state index contributed by atoms with van der Waals surface area (Å²) in [5.41, 5.74) is 0. The molecule has 0 saturated heterocycles. The van der Waals surface area contributed by atoms with Gasteiger partial charge in [-0.3, -0.25) is 0 Å². The molecule has 0 amide bonds. The average molecular weight is 310 g/mol. The van der Waals surface area contributed by atoms with Gasteiger partial charge in [0, 0.05) is 0 Å². The Morgan fingerprint density at radius 3 is 0.286 bits per heavy atom. The van der Waals surface area contributed by atoms with Gasteiger partial charge in [0.15, 0.2) is 0 Å². The van der Waals surface area contributed by atoms with Crippen LogP contribution in [0.4, 0.5) is 0 Å². The molecule has 0 fully saturated rings. The first-order valence-corrected chi connectivity index (χ1v) is 0. The Balaban J connectivity index is 0. The van der Waals surface area contributed by atoms with Crippen molar-refractivity contribution in [1.29, 1.82) is 0 Å². The molecule has 0 heterocycles. The van der Waals surface area contributed by atoms with E-state index in [0.717, 1.165) is 0 Å². The molecule has 0 spiro atoms. The Labute approximate surface area is 102 Å². The van der Waals surface area contributed by atoms with Crippen molar-refractivity contribution >= 4 is 103 Å². The zero-order chi connectivity index (χ0) is 0. The fourth-order valence-corrected chi connectivity index (χ4v) is 0. The van der Waals surface area contributed by atoms with E-state index >= 15 is 0 Å². The van der Waals surface area contributed by atoms with Gasteiger partial charge in [-0.25, -0.2) is 0 Å². The van der Waals surface area contributed by atoms with Crippen molar-refractivity contribution < 1.29 is 0 Å². The fourth-order valence-electron chi connectivity index (χ4n) is 0. The quantitative estimate of drug-likeness (QED) is 0.515. The largest absolute Gasteiger partial charge is 5.00 e. The normalized spacial score (nSPS) is 0. The van der Waals surface area contributed by atoms with Crippen LogP contribution in [0.5, 0.6) is 0 Å². The van der Waals surface area contributed by atoms with E-state index in [1.807, 2.05) is 0 Å². The smallest absolute Gasteiger partial charge is 2.00 e. The Morgan fingerprint density at radius 2 is 0.286 bits per heavy atom. The minimum atomic E-state index is 0. The Morgan fingerprint density at radius 1 is 0.286 bits per heavy atom. The average Bonchev–Trinajstić information content (AvgIpc) is 0. The van der Waals surface area contributed by atoms with Gasteiger partial charge < -0.3 is 67.5 Å². The molecule has 0 atom stereocenters. The van der Waals surface area contributed by atoms with E-state index in [4.69, 9.17) is 0 Å². The summed E-state index contributed by atoms with van der Waals surface area (Å²) in [7, 11) is 0. The number of rotatable bonds is 0. The van der Waals surface area contributed by atoms with Crippen molar-refractivity contribution in [2.45, 2.75) is 0 Å². The second-order valence-corrected chi connectivity index (χ2v) is 0. The van der Waals surface area contributed by atoms with E-state index in [1.165, 1.54) is 0 Å². The molecule has 0 rings (SSSR count). The van der Waals surface area contributed by atoms with Crippen molar-refractivity contribution in [2.24, 2.45) is 0 Å². The zero-order valence-corrected chi connectivity index (χ0v) is 10.8. The van der Waals surface area contributed by atoms with Crippen LogP contribution in [0.25, 0.3) is 0 Å². The second-order valence-electron chi connectivity index (χ2n) is 0. The number of hydrogen-bond acceptors (Lipinski definition) is 0. The van der Waals surface area contributed by atoms with Gasteiger partial charge in [-0.1, -0.05) is 0 Å². The van der Waals surface area contributed by atoms with Crippen LogP contribution >= 0.6 is 0 Å². The van der Waals surface area contributed by atoms with Crippen molar-refractivity contribution in [3.05, 3.63) is 0 Å². The van der Waals surface area contributed by atoms with Crippen LogP contribution < -0.4 is 0 Å². The Bertz CT molecular complexity index is 6.04. The summed E-state index contributed by atoms with van der Waals surface area (Å²) in [6.45, 7) is 0. The number of hydrogen-bond donors (Lipinski definition) is 0.